The van der Waals surface area contributed by atoms with E-state index in [-0.39, 0.29) is 24.5 Å². The zero-order chi connectivity index (χ0) is 26.8. The van der Waals surface area contributed by atoms with Gasteiger partial charge in [-0.1, -0.05) is 24.3 Å². The molecule has 4 rings (SSSR count). The summed E-state index contributed by atoms with van der Waals surface area (Å²) in [5.41, 5.74) is 3.10. The maximum Gasteiger partial charge on any atom is 0.410 e. The molecule has 1 fully saturated rings. The topological polar surface area (TPSA) is 89.0 Å². The van der Waals surface area contributed by atoms with Crippen LogP contribution < -0.4 is 4.74 Å². The number of pyridine rings is 1. The lowest BCUT2D eigenvalue weighted by Gasteiger charge is -2.41. The Bertz CT molecular complexity index is 1380. The number of hydrogen-bond acceptors (Lipinski definition) is 6. The van der Waals surface area contributed by atoms with Crippen LogP contribution in [0.15, 0.2) is 71.9 Å². The van der Waals surface area contributed by atoms with E-state index in [0.29, 0.717) is 5.75 Å². The lowest BCUT2D eigenvalue weighted by atomic mass is 9.97. The van der Waals surface area contributed by atoms with E-state index >= 15 is 0 Å². The lowest BCUT2D eigenvalue weighted by molar-refractivity contribution is 0.0131. The van der Waals surface area contributed by atoms with Crippen molar-refractivity contribution in [2.24, 2.45) is 0 Å². The minimum Gasteiger partial charge on any atom is -0.497 e. The van der Waals surface area contributed by atoms with E-state index in [9.17, 15) is 13.2 Å². The second-order valence-electron chi connectivity index (χ2n) is 10.1. The second kappa shape index (κ2) is 10.5. The van der Waals surface area contributed by atoms with Crippen LogP contribution in [0, 0.1) is 6.92 Å². The summed E-state index contributed by atoms with van der Waals surface area (Å²) in [6.07, 6.45) is 3.07. The second-order valence-corrected chi connectivity index (χ2v) is 11.9. The van der Waals surface area contributed by atoms with Gasteiger partial charge in [0.15, 0.2) is 0 Å². The van der Waals surface area contributed by atoms with E-state index in [1.165, 1.54) is 17.5 Å². The first-order valence-corrected chi connectivity index (χ1v) is 13.6. The number of hydrogen-bond donors (Lipinski definition) is 0. The summed E-state index contributed by atoms with van der Waals surface area (Å²) in [5, 5.41) is 0. The largest absolute Gasteiger partial charge is 0.497 e. The van der Waals surface area contributed by atoms with Crippen molar-refractivity contribution in [3.8, 4) is 16.9 Å². The van der Waals surface area contributed by atoms with Gasteiger partial charge in [-0.3, -0.25) is 4.98 Å². The highest BCUT2D eigenvalue weighted by atomic mass is 32.2. The Kier molecular flexibility index (Phi) is 7.57. The maximum atomic E-state index is 13.9. The third kappa shape index (κ3) is 5.94. The predicted octanol–water partition coefficient (Wildman–Crippen LogP) is 5.05. The van der Waals surface area contributed by atoms with Crippen molar-refractivity contribution in [3.05, 3.63) is 78.1 Å². The molecule has 0 radical (unpaired) electrons. The molecular formula is C28H33N3O5S. The van der Waals surface area contributed by atoms with Crippen LogP contribution in [0.3, 0.4) is 0 Å². The van der Waals surface area contributed by atoms with Crippen LogP contribution in [0.4, 0.5) is 4.79 Å². The van der Waals surface area contributed by atoms with Gasteiger partial charge in [-0.2, -0.15) is 4.31 Å². The van der Waals surface area contributed by atoms with Gasteiger partial charge < -0.3 is 14.4 Å². The monoisotopic (exact) mass is 523 g/mol. The molecule has 0 saturated carbocycles. The van der Waals surface area contributed by atoms with Crippen LogP contribution >= 0.6 is 0 Å². The van der Waals surface area contributed by atoms with Crippen LogP contribution in [-0.2, 0) is 14.8 Å². The van der Waals surface area contributed by atoms with Crippen molar-refractivity contribution in [1.29, 1.82) is 0 Å². The summed E-state index contributed by atoms with van der Waals surface area (Å²) in [7, 11) is -2.40. The summed E-state index contributed by atoms with van der Waals surface area (Å²) in [5.74, 6) is 0.458. The van der Waals surface area contributed by atoms with Gasteiger partial charge in [0.05, 0.1) is 18.0 Å². The number of carbonyl (C=O) groups is 1. The summed E-state index contributed by atoms with van der Waals surface area (Å²) < 4.78 is 40.1. The van der Waals surface area contributed by atoms with Crippen molar-refractivity contribution in [1.82, 2.24) is 14.2 Å². The molecule has 8 nitrogen and oxygen atoms in total. The first-order chi connectivity index (χ1) is 17.5. The molecule has 2 aromatic carbocycles. The van der Waals surface area contributed by atoms with Gasteiger partial charge >= 0.3 is 6.09 Å². The highest BCUT2D eigenvalue weighted by Gasteiger charge is 2.39. The normalized spacial score (nSPS) is 16.9. The van der Waals surface area contributed by atoms with Gasteiger partial charge in [0.25, 0.3) is 0 Å². The third-order valence-electron chi connectivity index (χ3n) is 6.23. The van der Waals surface area contributed by atoms with Gasteiger partial charge in [0, 0.05) is 38.1 Å². The fraction of sp³-hybridized carbons (Fsp3) is 0.357. The Balaban J connectivity index is 1.76. The molecular weight excluding hydrogens is 490 g/mol. The van der Waals surface area contributed by atoms with Crippen molar-refractivity contribution in [2.45, 2.75) is 44.2 Å². The summed E-state index contributed by atoms with van der Waals surface area (Å²) in [4.78, 5) is 18.8. The fourth-order valence-corrected chi connectivity index (χ4v) is 6.06. The number of aromatic nitrogens is 1. The third-order valence-corrected chi connectivity index (χ3v) is 8.14. The van der Waals surface area contributed by atoms with Crippen LogP contribution in [-0.4, -0.2) is 61.0 Å². The first-order valence-electron chi connectivity index (χ1n) is 12.1. The molecule has 3 aromatic rings. The predicted molar refractivity (Wildman–Crippen MR) is 142 cm³/mol. The van der Waals surface area contributed by atoms with Crippen molar-refractivity contribution < 1.29 is 22.7 Å². The standard InChI is InChI=1S/C28H33N3O5S/c1-20-18-29-13-12-25(20)21-8-6-9-22(16-21)26-19-30(27(32)36-28(2,3)4)14-15-31(26)37(33,34)24-11-7-10-23(17-24)35-5/h6-13,16-18,26H,14-15,19H2,1-5H3. The number of piperazine rings is 1. The molecule has 9 heteroatoms. The summed E-state index contributed by atoms with van der Waals surface area (Å²) in [6.45, 7) is 7.93. The highest BCUT2D eigenvalue weighted by molar-refractivity contribution is 7.89. The number of aryl methyl sites for hydroxylation is 1. The number of benzene rings is 2. The quantitative estimate of drug-likeness (QED) is 0.465. The summed E-state index contributed by atoms with van der Waals surface area (Å²) in [6, 6.07) is 15.6. The van der Waals surface area contributed by atoms with Crippen molar-refractivity contribution in [2.75, 3.05) is 26.7 Å². The molecule has 37 heavy (non-hydrogen) atoms. The molecule has 1 aliphatic rings. The smallest absolute Gasteiger partial charge is 0.410 e. The minimum atomic E-state index is -3.90. The van der Waals surface area contributed by atoms with Crippen LogP contribution in [0.25, 0.3) is 11.1 Å². The van der Waals surface area contributed by atoms with Gasteiger partial charge in [-0.05, 0) is 74.2 Å². The molecule has 0 bridgehead atoms. The molecule has 0 N–H and O–H groups in total. The Hall–Kier alpha value is -3.43. The van der Waals surface area contributed by atoms with Crippen LogP contribution in [0.2, 0.25) is 0 Å². The van der Waals surface area contributed by atoms with E-state index in [0.717, 1.165) is 22.3 Å². The number of amides is 1. The zero-order valence-electron chi connectivity index (χ0n) is 21.8. The van der Waals surface area contributed by atoms with Crippen molar-refractivity contribution >= 4 is 16.1 Å². The van der Waals surface area contributed by atoms with E-state index < -0.39 is 27.8 Å². The van der Waals surface area contributed by atoms with Crippen LogP contribution in [0.5, 0.6) is 5.75 Å². The molecule has 1 aromatic heterocycles. The summed E-state index contributed by atoms with van der Waals surface area (Å²) >= 11 is 0. The first kappa shape index (κ1) is 26.6. The van der Waals surface area contributed by atoms with E-state index in [4.69, 9.17) is 9.47 Å². The lowest BCUT2D eigenvalue weighted by Crippen LogP contribution is -2.53. The Morgan fingerprint density at radius 1 is 1.05 bits per heavy atom. The molecule has 1 saturated heterocycles. The van der Waals surface area contributed by atoms with Crippen molar-refractivity contribution in [3.63, 3.8) is 0 Å². The number of carbonyl (C=O) groups excluding carboxylic acids is 1. The Labute approximate surface area is 218 Å². The average molecular weight is 524 g/mol. The van der Waals surface area contributed by atoms with Crippen LogP contribution in [0.1, 0.15) is 37.9 Å². The molecule has 1 aliphatic heterocycles. The Morgan fingerprint density at radius 2 is 1.81 bits per heavy atom. The molecule has 1 amide bonds. The minimum absolute atomic E-state index is 0.127. The zero-order valence-corrected chi connectivity index (χ0v) is 22.7. The van der Waals surface area contributed by atoms with E-state index in [1.54, 1.807) is 35.5 Å². The number of sulfonamides is 1. The van der Waals surface area contributed by atoms with Gasteiger partial charge in [0.1, 0.15) is 11.4 Å². The average Bonchev–Trinajstić information content (AvgIpc) is 2.87. The van der Waals surface area contributed by atoms with Gasteiger partial charge in [-0.25, -0.2) is 13.2 Å². The number of methoxy groups -OCH3 is 1. The number of nitrogens with zero attached hydrogens (tertiary/aromatic N) is 3. The number of ether oxygens (including phenoxy) is 2. The van der Waals surface area contributed by atoms with Gasteiger partial charge in [-0.15, -0.1) is 0 Å². The molecule has 2 heterocycles. The molecule has 1 atom stereocenters. The fourth-order valence-electron chi connectivity index (χ4n) is 4.43. The number of rotatable bonds is 5. The van der Waals surface area contributed by atoms with Gasteiger partial charge in [0.2, 0.25) is 10.0 Å². The SMILES string of the molecule is COc1cccc(S(=O)(=O)N2CCN(C(=O)OC(C)(C)C)CC2c2cccc(-c3ccncc3C)c2)c1. The van der Waals surface area contributed by atoms with E-state index in [1.807, 2.05) is 58.0 Å². The Morgan fingerprint density at radius 3 is 2.51 bits per heavy atom. The molecule has 0 aliphatic carbocycles. The molecule has 1 unspecified atom stereocenters. The molecule has 0 spiro atoms. The van der Waals surface area contributed by atoms with E-state index in [2.05, 4.69) is 4.98 Å². The highest BCUT2D eigenvalue weighted by Crippen LogP contribution is 2.35. The maximum absolute atomic E-state index is 13.9. The molecule has 196 valence electrons.